The second-order valence-corrected chi connectivity index (χ2v) is 5.80. The number of nitrogens with zero attached hydrogens (tertiary/aromatic N) is 1. The summed E-state index contributed by atoms with van der Waals surface area (Å²) in [4.78, 5) is 14.5. The molecule has 2 rings (SSSR count). The standard InChI is InChI=1S/C16H27N3O2/c1-3-19-8-6-14(7-9-19)11-17-13(2)16(20)18-12-15-5-4-10-21-15/h4-5,10,13-14,17H,3,6-9,11-12H2,1-2H3,(H,18,20). The van der Waals surface area contributed by atoms with Gasteiger partial charge in [-0.2, -0.15) is 0 Å². The highest BCUT2D eigenvalue weighted by atomic mass is 16.3. The van der Waals surface area contributed by atoms with Crippen molar-refractivity contribution in [3.63, 3.8) is 0 Å². The van der Waals surface area contributed by atoms with Crippen LogP contribution in [0.3, 0.4) is 0 Å². The van der Waals surface area contributed by atoms with Crippen molar-refractivity contribution < 1.29 is 9.21 Å². The largest absolute Gasteiger partial charge is 0.467 e. The van der Waals surface area contributed by atoms with Gasteiger partial charge < -0.3 is 20.0 Å². The highest BCUT2D eigenvalue weighted by Crippen LogP contribution is 2.15. The first-order valence-electron chi connectivity index (χ1n) is 7.95. The van der Waals surface area contributed by atoms with E-state index in [9.17, 15) is 4.79 Å². The predicted octanol–water partition coefficient (Wildman–Crippen LogP) is 1.61. The smallest absolute Gasteiger partial charge is 0.237 e. The quantitative estimate of drug-likeness (QED) is 0.802. The van der Waals surface area contributed by atoms with Crippen LogP contribution in [0, 0.1) is 5.92 Å². The van der Waals surface area contributed by atoms with E-state index in [0.717, 1.165) is 18.8 Å². The van der Waals surface area contributed by atoms with E-state index in [1.807, 2.05) is 19.1 Å². The van der Waals surface area contributed by atoms with Crippen molar-refractivity contribution in [2.24, 2.45) is 5.92 Å². The molecule has 5 heteroatoms. The lowest BCUT2D eigenvalue weighted by molar-refractivity contribution is -0.123. The molecule has 1 aromatic rings. The maximum absolute atomic E-state index is 12.0. The Hall–Kier alpha value is -1.33. The summed E-state index contributed by atoms with van der Waals surface area (Å²) in [5, 5.41) is 6.24. The van der Waals surface area contributed by atoms with Gasteiger partial charge in [0.2, 0.25) is 5.91 Å². The maximum atomic E-state index is 12.0. The van der Waals surface area contributed by atoms with E-state index >= 15 is 0 Å². The minimum atomic E-state index is -0.163. The van der Waals surface area contributed by atoms with Gasteiger partial charge in [0.1, 0.15) is 5.76 Å². The number of carbonyl (C=O) groups is 1. The molecule has 1 unspecified atom stereocenters. The molecule has 2 N–H and O–H groups in total. The first-order valence-corrected chi connectivity index (χ1v) is 7.95. The van der Waals surface area contributed by atoms with Crippen LogP contribution in [0.4, 0.5) is 0 Å². The summed E-state index contributed by atoms with van der Waals surface area (Å²) in [5.74, 6) is 1.49. The van der Waals surface area contributed by atoms with E-state index in [1.165, 1.54) is 25.9 Å². The number of likely N-dealkylation sites (tertiary alicyclic amines) is 1. The van der Waals surface area contributed by atoms with Crippen molar-refractivity contribution in [2.45, 2.75) is 39.3 Å². The van der Waals surface area contributed by atoms with E-state index in [1.54, 1.807) is 6.26 Å². The summed E-state index contributed by atoms with van der Waals surface area (Å²) in [7, 11) is 0. The van der Waals surface area contributed by atoms with Gasteiger partial charge in [0, 0.05) is 0 Å². The van der Waals surface area contributed by atoms with E-state index in [-0.39, 0.29) is 11.9 Å². The van der Waals surface area contributed by atoms with Crippen molar-refractivity contribution in [2.75, 3.05) is 26.2 Å². The molecule has 2 heterocycles. The van der Waals surface area contributed by atoms with Gasteiger partial charge in [0.05, 0.1) is 18.8 Å². The van der Waals surface area contributed by atoms with E-state index in [0.29, 0.717) is 12.5 Å². The number of piperidine rings is 1. The zero-order chi connectivity index (χ0) is 15.1. The van der Waals surface area contributed by atoms with Gasteiger partial charge in [0.15, 0.2) is 0 Å². The third-order valence-corrected chi connectivity index (χ3v) is 4.28. The van der Waals surface area contributed by atoms with Gasteiger partial charge in [0.25, 0.3) is 0 Å². The molecule has 1 amide bonds. The Bertz CT molecular complexity index is 411. The van der Waals surface area contributed by atoms with Gasteiger partial charge in [-0.1, -0.05) is 6.92 Å². The van der Waals surface area contributed by atoms with Gasteiger partial charge in [-0.3, -0.25) is 4.79 Å². The Kier molecular flexibility index (Phi) is 6.26. The van der Waals surface area contributed by atoms with Crippen LogP contribution >= 0.6 is 0 Å². The maximum Gasteiger partial charge on any atom is 0.237 e. The Morgan fingerprint density at radius 2 is 2.24 bits per heavy atom. The molecule has 0 aromatic carbocycles. The number of carbonyl (C=O) groups excluding carboxylic acids is 1. The van der Waals surface area contributed by atoms with Crippen molar-refractivity contribution in [1.29, 1.82) is 0 Å². The Balaban J connectivity index is 1.62. The molecular formula is C16H27N3O2. The second-order valence-electron chi connectivity index (χ2n) is 5.80. The molecule has 0 saturated carbocycles. The number of furan rings is 1. The molecule has 0 bridgehead atoms. The normalized spacial score (nSPS) is 18.6. The number of nitrogens with one attached hydrogen (secondary N) is 2. The van der Waals surface area contributed by atoms with E-state index in [4.69, 9.17) is 4.42 Å². The monoisotopic (exact) mass is 293 g/mol. The Morgan fingerprint density at radius 3 is 2.86 bits per heavy atom. The number of amides is 1. The summed E-state index contributed by atoms with van der Waals surface area (Å²) in [6.45, 7) is 9.01. The zero-order valence-corrected chi connectivity index (χ0v) is 13.1. The lowest BCUT2D eigenvalue weighted by atomic mass is 9.96. The topological polar surface area (TPSA) is 57.5 Å². The molecule has 1 saturated heterocycles. The van der Waals surface area contributed by atoms with Crippen molar-refractivity contribution in [1.82, 2.24) is 15.5 Å². The molecule has 1 aliphatic rings. The average molecular weight is 293 g/mol. The molecule has 5 nitrogen and oxygen atoms in total. The zero-order valence-electron chi connectivity index (χ0n) is 13.1. The molecule has 21 heavy (non-hydrogen) atoms. The third-order valence-electron chi connectivity index (χ3n) is 4.28. The Labute approximate surface area is 127 Å². The van der Waals surface area contributed by atoms with Gasteiger partial charge in [-0.25, -0.2) is 0 Å². The van der Waals surface area contributed by atoms with Crippen LogP contribution < -0.4 is 10.6 Å². The second kappa shape index (κ2) is 8.20. The first-order chi connectivity index (χ1) is 10.2. The SMILES string of the molecule is CCN1CCC(CNC(C)C(=O)NCc2ccco2)CC1. The Morgan fingerprint density at radius 1 is 1.48 bits per heavy atom. The average Bonchev–Trinajstić information content (AvgIpc) is 3.04. The van der Waals surface area contributed by atoms with Gasteiger partial charge in [-0.05, 0) is 64.0 Å². The summed E-state index contributed by atoms with van der Waals surface area (Å²) in [6, 6.07) is 3.52. The lowest BCUT2D eigenvalue weighted by Crippen LogP contribution is -2.45. The molecule has 0 aliphatic carbocycles. The summed E-state index contributed by atoms with van der Waals surface area (Å²) >= 11 is 0. The summed E-state index contributed by atoms with van der Waals surface area (Å²) in [5.41, 5.74) is 0. The van der Waals surface area contributed by atoms with Crippen LogP contribution in [0.2, 0.25) is 0 Å². The first kappa shape index (κ1) is 16.0. The molecule has 1 fully saturated rings. The summed E-state index contributed by atoms with van der Waals surface area (Å²) < 4.78 is 5.20. The third kappa shape index (κ3) is 5.17. The fraction of sp³-hybridized carbons (Fsp3) is 0.688. The number of hydrogen-bond donors (Lipinski definition) is 2. The van der Waals surface area contributed by atoms with Gasteiger partial charge >= 0.3 is 0 Å². The van der Waals surface area contributed by atoms with Crippen molar-refractivity contribution in [3.8, 4) is 0 Å². The van der Waals surface area contributed by atoms with E-state index < -0.39 is 0 Å². The van der Waals surface area contributed by atoms with Crippen LogP contribution in [-0.4, -0.2) is 43.0 Å². The predicted molar refractivity (Wildman–Crippen MR) is 82.9 cm³/mol. The molecule has 0 radical (unpaired) electrons. The van der Waals surface area contributed by atoms with Crippen LogP contribution in [0.25, 0.3) is 0 Å². The van der Waals surface area contributed by atoms with Crippen LogP contribution in [0.5, 0.6) is 0 Å². The lowest BCUT2D eigenvalue weighted by Gasteiger charge is -2.31. The molecule has 1 atom stereocenters. The van der Waals surface area contributed by atoms with Gasteiger partial charge in [-0.15, -0.1) is 0 Å². The molecule has 118 valence electrons. The molecule has 0 spiro atoms. The minimum absolute atomic E-state index is 0.0254. The fourth-order valence-electron chi connectivity index (χ4n) is 2.68. The highest BCUT2D eigenvalue weighted by Gasteiger charge is 2.20. The van der Waals surface area contributed by atoms with Crippen LogP contribution in [0.1, 0.15) is 32.4 Å². The summed E-state index contributed by atoms with van der Waals surface area (Å²) in [6.07, 6.45) is 4.06. The number of hydrogen-bond acceptors (Lipinski definition) is 4. The van der Waals surface area contributed by atoms with Crippen LogP contribution in [0.15, 0.2) is 22.8 Å². The van der Waals surface area contributed by atoms with Crippen molar-refractivity contribution >= 4 is 5.91 Å². The molecule has 1 aromatic heterocycles. The fourth-order valence-corrected chi connectivity index (χ4v) is 2.68. The minimum Gasteiger partial charge on any atom is -0.467 e. The van der Waals surface area contributed by atoms with Crippen molar-refractivity contribution in [3.05, 3.63) is 24.2 Å². The highest BCUT2D eigenvalue weighted by molar-refractivity contribution is 5.81. The van der Waals surface area contributed by atoms with E-state index in [2.05, 4.69) is 22.5 Å². The number of rotatable bonds is 7. The van der Waals surface area contributed by atoms with Crippen LogP contribution in [-0.2, 0) is 11.3 Å². The molecule has 1 aliphatic heterocycles. The molecular weight excluding hydrogens is 266 g/mol.